The van der Waals surface area contributed by atoms with Gasteiger partial charge in [0.25, 0.3) is 11.8 Å². The SMILES string of the molecule is O=C(Nc1cc(C(=O)N2CCNCC2)ccc1N1CCN(C(=O)c2ccncc2)CC1)OCc1ccccc1. The van der Waals surface area contributed by atoms with E-state index in [1.807, 2.05) is 46.2 Å². The molecular formula is C29H32N6O4. The highest BCUT2D eigenvalue weighted by atomic mass is 16.5. The lowest BCUT2D eigenvalue weighted by Gasteiger charge is -2.37. The number of hydrogen-bond acceptors (Lipinski definition) is 7. The molecule has 2 aliphatic rings. The molecule has 0 saturated carbocycles. The number of ether oxygens (including phenoxy) is 1. The molecule has 1 aromatic heterocycles. The number of rotatable bonds is 6. The van der Waals surface area contributed by atoms with Crippen LogP contribution >= 0.6 is 0 Å². The van der Waals surface area contributed by atoms with Crippen molar-refractivity contribution in [1.29, 1.82) is 0 Å². The lowest BCUT2D eigenvalue weighted by atomic mass is 10.1. The predicted octanol–water partition coefficient (Wildman–Crippen LogP) is 2.84. The maximum Gasteiger partial charge on any atom is 0.412 e. The number of carbonyl (C=O) groups excluding carboxylic acids is 3. The van der Waals surface area contributed by atoms with Crippen LogP contribution in [0.2, 0.25) is 0 Å². The van der Waals surface area contributed by atoms with E-state index < -0.39 is 6.09 Å². The minimum absolute atomic E-state index is 0.0307. The molecule has 2 N–H and O–H groups in total. The Kier molecular flexibility index (Phi) is 8.33. The van der Waals surface area contributed by atoms with Crippen LogP contribution in [0.3, 0.4) is 0 Å². The highest BCUT2D eigenvalue weighted by Gasteiger charge is 2.26. The number of nitrogens with one attached hydrogen (secondary N) is 2. The van der Waals surface area contributed by atoms with E-state index in [0.717, 1.165) is 24.3 Å². The third kappa shape index (κ3) is 6.53. The second-order valence-corrected chi connectivity index (χ2v) is 9.48. The van der Waals surface area contributed by atoms with Crippen molar-refractivity contribution < 1.29 is 19.1 Å². The summed E-state index contributed by atoms with van der Waals surface area (Å²) in [5.74, 6) is -0.103. The number of pyridine rings is 1. The molecule has 0 bridgehead atoms. The Morgan fingerprint density at radius 3 is 2.18 bits per heavy atom. The number of carbonyl (C=O) groups is 3. The van der Waals surface area contributed by atoms with Gasteiger partial charge in [-0.05, 0) is 35.9 Å². The van der Waals surface area contributed by atoms with E-state index in [4.69, 9.17) is 4.74 Å². The van der Waals surface area contributed by atoms with Crippen molar-refractivity contribution in [3.05, 3.63) is 89.7 Å². The molecule has 2 aliphatic heterocycles. The number of amides is 3. The van der Waals surface area contributed by atoms with Gasteiger partial charge in [-0.15, -0.1) is 0 Å². The van der Waals surface area contributed by atoms with Crippen LogP contribution in [-0.4, -0.2) is 85.0 Å². The zero-order valence-corrected chi connectivity index (χ0v) is 21.7. The van der Waals surface area contributed by atoms with Crippen LogP contribution in [0.15, 0.2) is 73.1 Å². The number of piperazine rings is 2. The van der Waals surface area contributed by atoms with Crippen LogP contribution in [0.4, 0.5) is 16.2 Å². The van der Waals surface area contributed by atoms with Crippen molar-refractivity contribution in [2.45, 2.75) is 6.61 Å². The van der Waals surface area contributed by atoms with Gasteiger partial charge in [0.05, 0.1) is 11.4 Å². The molecule has 39 heavy (non-hydrogen) atoms. The van der Waals surface area contributed by atoms with Crippen molar-refractivity contribution in [2.24, 2.45) is 0 Å². The van der Waals surface area contributed by atoms with Crippen LogP contribution in [-0.2, 0) is 11.3 Å². The molecule has 0 radical (unpaired) electrons. The molecule has 0 aliphatic carbocycles. The van der Waals surface area contributed by atoms with E-state index in [9.17, 15) is 14.4 Å². The summed E-state index contributed by atoms with van der Waals surface area (Å²) in [6.45, 7) is 5.13. The molecule has 2 fully saturated rings. The van der Waals surface area contributed by atoms with Crippen molar-refractivity contribution in [1.82, 2.24) is 20.1 Å². The van der Waals surface area contributed by atoms with Gasteiger partial charge < -0.3 is 24.8 Å². The fourth-order valence-corrected chi connectivity index (χ4v) is 4.79. The van der Waals surface area contributed by atoms with Crippen LogP contribution in [0.1, 0.15) is 26.3 Å². The summed E-state index contributed by atoms with van der Waals surface area (Å²) in [5.41, 5.74) is 3.27. The quantitative estimate of drug-likeness (QED) is 0.507. The monoisotopic (exact) mass is 528 g/mol. The van der Waals surface area contributed by atoms with Crippen LogP contribution in [0.25, 0.3) is 0 Å². The molecular weight excluding hydrogens is 496 g/mol. The zero-order chi connectivity index (χ0) is 27.0. The third-order valence-electron chi connectivity index (χ3n) is 6.93. The fourth-order valence-electron chi connectivity index (χ4n) is 4.79. The molecule has 0 atom stereocenters. The highest BCUT2D eigenvalue weighted by Crippen LogP contribution is 2.29. The van der Waals surface area contributed by atoms with Gasteiger partial charge in [-0.2, -0.15) is 0 Å². The maximum atomic E-state index is 13.2. The average Bonchev–Trinajstić information content (AvgIpc) is 3.01. The fraction of sp³-hybridized carbons (Fsp3) is 0.310. The molecule has 2 saturated heterocycles. The lowest BCUT2D eigenvalue weighted by molar-refractivity contribution is 0.0731. The summed E-state index contributed by atoms with van der Waals surface area (Å²) in [7, 11) is 0. The molecule has 3 aromatic rings. The molecule has 5 rings (SSSR count). The number of nitrogens with zero attached hydrogens (tertiary/aromatic N) is 4. The summed E-state index contributed by atoms with van der Waals surface area (Å²) in [4.78, 5) is 48.6. The standard InChI is InChI=1S/C29H32N6O4/c36-27(23-8-10-30-11-9-23)35-18-16-33(17-19-35)26-7-6-24(28(37)34-14-12-31-13-15-34)20-25(26)32-29(38)39-21-22-4-2-1-3-5-22/h1-11,20,31H,12-19,21H2,(H,32,38). The van der Waals surface area contributed by atoms with E-state index in [1.165, 1.54) is 0 Å². The van der Waals surface area contributed by atoms with Crippen LogP contribution in [0.5, 0.6) is 0 Å². The van der Waals surface area contributed by atoms with E-state index in [2.05, 4.69) is 20.5 Å². The van der Waals surface area contributed by atoms with Crippen LogP contribution < -0.4 is 15.5 Å². The summed E-state index contributed by atoms with van der Waals surface area (Å²) in [5, 5.41) is 6.12. The van der Waals surface area contributed by atoms with Crippen LogP contribution in [0, 0.1) is 0 Å². The lowest BCUT2D eigenvalue weighted by Crippen LogP contribution is -2.49. The Hall–Kier alpha value is -4.44. The van der Waals surface area contributed by atoms with Crippen molar-refractivity contribution in [3.63, 3.8) is 0 Å². The minimum atomic E-state index is -0.599. The third-order valence-corrected chi connectivity index (χ3v) is 6.93. The minimum Gasteiger partial charge on any atom is -0.444 e. The molecule has 3 amide bonds. The number of hydrogen-bond donors (Lipinski definition) is 2. The Labute approximate surface area is 227 Å². The van der Waals surface area contributed by atoms with E-state index in [0.29, 0.717) is 56.1 Å². The number of benzene rings is 2. The Morgan fingerprint density at radius 2 is 1.46 bits per heavy atom. The smallest absolute Gasteiger partial charge is 0.412 e. The van der Waals surface area contributed by atoms with Gasteiger partial charge in [0.15, 0.2) is 0 Å². The van der Waals surface area contributed by atoms with Gasteiger partial charge in [0.2, 0.25) is 0 Å². The first kappa shape index (κ1) is 26.2. The molecule has 0 spiro atoms. The van der Waals surface area contributed by atoms with E-state index in [1.54, 1.807) is 36.7 Å². The normalized spacial score (nSPS) is 15.5. The molecule has 202 valence electrons. The predicted molar refractivity (Wildman–Crippen MR) is 148 cm³/mol. The van der Waals surface area contributed by atoms with Gasteiger partial charge in [0.1, 0.15) is 6.61 Å². The molecule has 10 heteroatoms. The summed E-state index contributed by atoms with van der Waals surface area (Å²) >= 11 is 0. The number of aromatic nitrogens is 1. The molecule has 3 heterocycles. The largest absolute Gasteiger partial charge is 0.444 e. The Morgan fingerprint density at radius 1 is 0.795 bits per heavy atom. The second-order valence-electron chi connectivity index (χ2n) is 9.48. The first-order valence-corrected chi connectivity index (χ1v) is 13.1. The Bertz CT molecular complexity index is 1290. The van der Waals surface area contributed by atoms with Gasteiger partial charge in [-0.1, -0.05) is 30.3 Å². The van der Waals surface area contributed by atoms with Gasteiger partial charge in [-0.25, -0.2) is 4.79 Å². The van der Waals surface area contributed by atoms with Gasteiger partial charge >= 0.3 is 6.09 Å². The Balaban J connectivity index is 1.31. The van der Waals surface area contributed by atoms with Crippen molar-refractivity contribution in [2.75, 3.05) is 62.6 Å². The summed E-state index contributed by atoms with van der Waals surface area (Å²) in [6.07, 6.45) is 2.63. The first-order valence-electron chi connectivity index (χ1n) is 13.1. The van der Waals surface area contributed by atoms with Gasteiger partial charge in [-0.3, -0.25) is 19.9 Å². The highest BCUT2D eigenvalue weighted by molar-refractivity contribution is 5.99. The first-order chi connectivity index (χ1) is 19.1. The second kappa shape index (κ2) is 12.4. The molecule has 0 unspecified atom stereocenters. The number of anilines is 2. The zero-order valence-electron chi connectivity index (χ0n) is 21.7. The van der Waals surface area contributed by atoms with E-state index in [-0.39, 0.29) is 18.4 Å². The topological polar surface area (TPSA) is 107 Å². The summed E-state index contributed by atoms with van der Waals surface area (Å²) < 4.78 is 5.46. The maximum absolute atomic E-state index is 13.2. The van der Waals surface area contributed by atoms with E-state index >= 15 is 0 Å². The molecule has 10 nitrogen and oxygen atoms in total. The van der Waals surface area contributed by atoms with Crippen molar-refractivity contribution >= 4 is 29.3 Å². The van der Waals surface area contributed by atoms with Gasteiger partial charge in [0, 0.05) is 75.9 Å². The summed E-state index contributed by atoms with van der Waals surface area (Å²) in [6, 6.07) is 18.3. The molecule has 2 aromatic carbocycles. The van der Waals surface area contributed by atoms with Crippen molar-refractivity contribution in [3.8, 4) is 0 Å². The average molecular weight is 529 g/mol.